The van der Waals surface area contributed by atoms with Gasteiger partial charge in [-0.15, -0.1) is 0 Å². The lowest BCUT2D eigenvalue weighted by Crippen LogP contribution is -2.57. The monoisotopic (exact) mass is 226 g/mol. The summed E-state index contributed by atoms with van der Waals surface area (Å²) in [4.78, 5) is 11.0. The van der Waals surface area contributed by atoms with E-state index in [1.54, 1.807) is 0 Å². The van der Waals surface area contributed by atoms with Gasteiger partial charge < -0.3 is 9.84 Å². The second-order valence-electron chi connectivity index (χ2n) is 6.08. The minimum atomic E-state index is -0.686. The minimum Gasteiger partial charge on any atom is -0.481 e. The Bertz CT molecular complexity index is 273. The fourth-order valence-electron chi connectivity index (χ4n) is 3.53. The molecule has 0 aromatic carbocycles. The van der Waals surface area contributed by atoms with Crippen LogP contribution in [0.2, 0.25) is 0 Å². The van der Waals surface area contributed by atoms with Gasteiger partial charge in [0.25, 0.3) is 0 Å². The van der Waals surface area contributed by atoms with Gasteiger partial charge in [-0.1, -0.05) is 26.7 Å². The zero-order chi connectivity index (χ0) is 11.8. The molecule has 0 atom stereocenters. The first-order chi connectivity index (χ1) is 7.48. The Morgan fingerprint density at radius 3 is 2.31 bits per heavy atom. The average Bonchev–Trinajstić information content (AvgIpc) is 2.50. The Hall–Kier alpha value is -0.570. The van der Waals surface area contributed by atoms with Crippen molar-refractivity contribution in [3.05, 3.63) is 0 Å². The molecule has 2 rings (SSSR count). The van der Waals surface area contributed by atoms with Crippen molar-refractivity contribution in [3.63, 3.8) is 0 Å². The Kier molecular flexibility index (Phi) is 2.99. The molecule has 1 N–H and O–H groups in total. The van der Waals surface area contributed by atoms with Gasteiger partial charge in [0, 0.05) is 5.41 Å². The van der Waals surface area contributed by atoms with Crippen LogP contribution in [0.25, 0.3) is 0 Å². The van der Waals surface area contributed by atoms with Gasteiger partial charge in [0.05, 0.1) is 19.6 Å². The molecule has 0 amide bonds. The van der Waals surface area contributed by atoms with E-state index in [0.717, 1.165) is 13.2 Å². The zero-order valence-corrected chi connectivity index (χ0v) is 10.3. The normalized spacial score (nSPS) is 25.4. The summed E-state index contributed by atoms with van der Waals surface area (Å²) in [7, 11) is 0. The van der Waals surface area contributed by atoms with Crippen LogP contribution in [-0.4, -0.2) is 24.3 Å². The molecule has 0 unspecified atom stereocenters. The Morgan fingerprint density at radius 1 is 1.38 bits per heavy atom. The van der Waals surface area contributed by atoms with Crippen LogP contribution in [0.4, 0.5) is 0 Å². The first-order valence-electron chi connectivity index (χ1n) is 6.27. The quantitative estimate of drug-likeness (QED) is 0.801. The molecule has 1 saturated carbocycles. The van der Waals surface area contributed by atoms with Crippen molar-refractivity contribution in [1.82, 2.24) is 0 Å². The average molecular weight is 226 g/mol. The lowest BCUT2D eigenvalue weighted by Gasteiger charge is -2.55. The van der Waals surface area contributed by atoms with Gasteiger partial charge in [-0.05, 0) is 24.2 Å². The van der Waals surface area contributed by atoms with Crippen molar-refractivity contribution in [2.75, 3.05) is 13.2 Å². The molecular weight excluding hydrogens is 204 g/mol. The molecule has 0 bridgehead atoms. The largest absolute Gasteiger partial charge is 0.481 e. The second-order valence-corrected chi connectivity index (χ2v) is 6.08. The van der Waals surface area contributed by atoms with Gasteiger partial charge in [-0.25, -0.2) is 0 Å². The van der Waals surface area contributed by atoms with Crippen molar-refractivity contribution in [2.45, 2.75) is 46.0 Å². The van der Waals surface area contributed by atoms with E-state index in [4.69, 9.17) is 9.84 Å². The molecule has 2 fully saturated rings. The van der Waals surface area contributed by atoms with Crippen LogP contribution in [0.3, 0.4) is 0 Å². The number of carboxylic acid groups (broad SMARTS) is 1. The van der Waals surface area contributed by atoms with E-state index in [2.05, 4.69) is 13.8 Å². The molecule has 92 valence electrons. The van der Waals surface area contributed by atoms with Crippen LogP contribution in [0.15, 0.2) is 0 Å². The van der Waals surface area contributed by atoms with Crippen LogP contribution in [-0.2, 0) is 9.53 Å². The molecule has 1 aliphatic heterocycles. The molecular formula is C13H22O3. The Labute approximate surface area is 97.2 Å². The van der Waals surface area contributed by atoms with Crippen molar-refractivity contribution >= 4 is 5.97 Å². The van der Waals surface area contributed by atoms with Gasteiger partial charge in [0.2, 0.25) is 0 Å². The molecule has 3 nitrogen and oxygen atoms in total. The van der Waals surface area contributed by atoms with Gasteiger partial charge in [0.15, 0.2) is 0 Å². The molecule has 2 aliphatic rings. The van der Waals surface area contributed by atoms with E-state index in [-0.39, 0.29) is 17.3 Å². The molecule has 0 radical (unpaired) electrons. The van der Waals surface area contributed by atoms with Crippen LogP contribution >= 0.6 is 0 Å². The summed E-state index contributed by atoms with van der Waals surface area (Å²) >= 11 is 0. The van der Waals surface area contributed by atoms with Gasteiger partial charge in [-0.2, -0.15) is 0 Å². The Morgan fingerprint density at radius 2 is 1.94 bits per heavy atom. The summed E-state index contributed by atoms with van der Waals surface area (Å²) in [5, 5.41) is 9.03. The third-order valence-electron chi connectivity index (χ3n) is 4.80. The minimum absolute atomic E-state index is 0.127. The van der Waals surface area contributed by atoms with E-state index < -0.39 is 5.97 Å². The number of hydrogen-bond donors (Lipinski definition) is 1. The Balaban J connectivity index is 2.16. The van der Waals surface area contributed by atoms with Crippen molar-refractivity contribution in [2.24, 2.45) is 16.7 Å². The molecule has 0 aromatic rings. The van der Waals surface area contributed by atoms with Gasteiger partial charge in [-0.3, -0.25) is 4.79 Å². The maximum atomic E-state index is 11.0. The summed E-state index contributed by atoms with van der Waals surface area (Å²) in [5.74, 6) is -0.00938. The first kappa shape index (κ1) is 11.9. The first-order valence-corrected chi connectivity index (χ1v) is 6.27. The van der Waals surface area contributed by atoms with E-state index >= 15 is 0 Å². The highest BCUT2D eigenvalue weighted by atomic mass is 16.5. The van der Waals surface area contributed by atoms with Crippen LogP contribution < -0.4 is 0 Å². The molecule has 3 heteroatoms. The maximum Gasteiger partial charge on any atom is 0.303 e. The standard InChI is InChI=1S/C13H22O3/c1-12(2,7-11(14)15)13(8-16-9-13)10-5-3-4-6-10/h10H,3-9H2,1-2H3,(H,14,15). The van der Waals surface area contributed by atoms with Crippen LogP contribution in [0, 0.1) is 16.7 Å². The number of carboxylic acids is 1. The molecule has 1 saturated heterocycles. The lowest BCUT2D eigenvalue weighted by atomic mass is 9.56. The fourth-order valence-corrected chi connectivity index (χ4v) is 3.53. The zero-order valence-electron chi connectivity index (χ0n) is 10.3. The molecule has 16 heavy (non-hydrogen) atoms. The summed E-state index contributed by atoms with van der Waals surface area (Å²) in [6, 6.07) is 0. The van der Waals surface area contributed by atoms with E-state index in [1.165, 1.54) is 25.7 Å². The molecule has 0 aromatic heterocycles. The van der Waals surface area contributed by atoms with Crippen molar-refractivity contribution < 1.29 is 14.6 Å². The van der Waals surface area contributed by atoms with E-state index in [9.17, 15) is 4.79 Å². The number of carbonyl (C=O) groups is 1. The number of rotatable bonds is 4. The van der Waals surface area contributed by atoms with Crippen molar-refractivity contribution in [1.29, 1.82) is 0 Å². The summed E-state index contributed by atoms with van der Waals surface area (Å²) < 4.78 is 5.43. The number of aliphatic carboxylic acids is 1. The van der Waals surface area contributed by atoms with Crippen LogP contribution in [0.5, 0.6) is 0 Å². The van der Waals surface area contributed by atoms with E-state index in [1.807, 2.05) is 0 Å². The third-order valence-corrected chi connectivity index (χ3v) is 4.80. The summed E-state index contributed by atoms with van der Waals surface area (Å²) in [6.07, 6.45) is 5.37. The number of ether oxygens (including phenoxy) is 1. The molecule has 1 aliphatic carbocycles. The third kappa shape index (κ3) is 1.75. The smallest absolute Gasteiger partial charge is 0.303 e. The van der Waals surface area contributed by atoms with Gasteiger partial charge >= 0.3 is 5.97 Å². The SMILES string of the molecule is CC(C)(CC(=O)O)C1(C2CCCC2)COC1. The number of hydrogen-bond acceptors (Lipinski definition) is 2. The molecule has 1 heterocycles. The molecule has 0 spiro atoms. The predicted molar refractivity (Wildman–Crippen MR) is 61.2 cm³/mol. The highest BCUT2D eigenvalue weighted by molar-refractivity contribution is 5.67. The highest BCUT2D eigenvalue weighted by Crippen LogP contribution is 2.56. The topological polar surface area (TPSA) is 46.5 Å². The summed E-state index contributed by atoms with van der Waals surface area (Å²) in [5.41, 5.74) is -0.0199. The second kappa shape index (κ2) is 4.02. The predicted octanol–water partition coefficient (Wildman–Crippen LogP) is 2.69. The van der Waals surface area contributed by atoms with E-state index in [0.29, 0.717) is 5.92 Å². The van der Waals surface area contributed by atoms with Crippen molar-refractivity contribution in [3.8, 4) is 0 Å². The van der Waals surface area contributed by atoms with Gasteiger partial charge in [0.1, 0.15) is 0 Å². The fraction of sp³-hybridized carbons (Fsp3) is 0.923. The van der Waals surface area contributed by atoms with Crippen LogP contribution in [0.1, 0.15) is 46.0 Å². The maximum absolute atomic E-state index is 11.0. The lowest BCUT2D eigenvalue weighted by molar-refractivity contribution is -0.210. The highest BCUT2D eigenvalue weighted by Gasteiger charge is 2.56. The summed E-state index contributed by atoms with van der Waals surface area (Å²) in [6.45, 7) is 5.72.